The largest absolute Gasteiger partial charge is 0.466 e. The van der Waals surface area contributed by atoms with Crippen LogP contribution in [0.2, 0.25) is 0 Å². The quantitative estimate of drug-likeness (QED) is 0.301. The number of nitrogens with one attached hydrogen (secondary N) is 2. The van der Waals surface area contributed by atoms with Crippen LogP contribution in [-0.4, -0.2) is 92.1 Å². The molecule has 2 aliphatic heterocycles. The number of piperazine rings is 1. The molecule has 2 N–H and O–H groups in total. The maximum atomic E-state index is 12.5. The lowest BCUT2D eigenvalue weighted by atomic mass is 10.1. The minimum atomic E-state index is -0.387. The fraction of sp³-hybridized carbons (Fsp3) is 0.440. The van der Waals surface area contributed by atoms with Crippen molar-refractivity contribution in [2.75, 3.05) is 57.3 Å². The number of amidine groups is 1. The highest BCUT2D eigenvalue weighted by atomic mass is 32.1. The molecule has 2 aliphatic rings. The molecule has 0 radical (unpaired) electrons. The smallest absolute Gasteiger partial charge is 0.414 e. The van der Waals surface area contributed by atoms with E-state index in [-0.39, 0.29) is 29.9 Å². The minimum absolute atomic E-state index is 0.000947. The fourth-order valence-electron chi connectivity index (χ4n) is 4.25. The predicted molar refractivity (Wildman–Crippen MR) is 137 cm³/mol. The summed E-state index contributed by atoms with van der Waals surface area (Å²) in [6, 6.07) is 8.64. The van der Waals surface area contributed by atoms with Crippen molar-refractivity contribution in [1.29, 1.82) is 5.41 Å². The van der Waals surface area contributed by atoms with Gasteiger partial charge in [-0.2, -0.15) is 11.3 Å². The van der Waals surface area contributed by atoms with E-state index in [4.69, 9.17) is 14.9 Å². The van der Waals surface area contributed by atoms with Gasteiger partial charge in [-0.1, -0.05) is 0 Å². The molecule has 36 heavy (non-hydrogen) atoms. The molecule has 1 aromatic heterocycles. The van der Waals surface area contributed by atoms with E-state index < -0.39 is 0 Å². The minimum Gasteiger partial charge on any atom is -0.466 e. The summed E-state index contributed by atoms with van der Waals surface area (Å²) in [6.45, 7) is 7.45. The van der Waals surface area contributed by atoms with E-state index in [1.54, 1.807) is 40.6 Å². The number of anilines is 1. The second-order valence-corrected chi connectivity index (χ2v) is 9.48. The van der Waals surface area contributed by atoms with Crippen LogP contribution in [-0.2, 0) is 14.3 Å². The average Bonchev–Trinajstić information content (AvgIpc) is 3.54. The van der Waals surface area contributed by atoms with Gasteiger partial charge in [-0.15, -0.1) is 0 Å². The number of carbonyl (C=O) groups is 3. The summed E-state index contributed by atoms with van der Waals surface area (Å²) >= 11 is 1.42. The third-order valence-electron chi connectivity index (χ3n) is 6.23. The first-order chi connectivity index (χ1) is 17.4. The van der Waals surface area contributed by atoms with E-state index >= 15 is 0 Å². The molecular formula is C25H31N5O5S. The predicted octanol–water partition coefficient (Wildman–Crippen LogP) is 2.40. The van der Waals surface area contributed by atoms with Gasteiger partial charge in [0.25, 0.3) is 5.91 Å². The molecule has 1 atom stereocenters. The Balaban J connectivity index is 1.23. The summed E-state index contributed by atoms with van der Waals surface area (Å²) in [5.41, 5.74) is 1.75. The molecule has 1 unspecified atom stereocenters. The van der Waals surface area contributed by atoms with Gasteiger partial charge in [-0.25, -0.2) is 4.79 Å². The van der Waals surface area contributed by atoms with Gasteiger partial charge in [0, 0.05) is 55.9 Å². The average molecular weight is 514 g/mol. The second kappa shape index (κ2) is 12.1. The van der Waals surface area contributed by atoms with Crippen LogP contribution in [0.1, 0.15) is 29.3 Å². The van der Waals surface area contributed by atoms with Crippen LogP contribution in [0.4, 0.5) is 10.5 Å². The molecule has 2 fully saturated rings. The van der Waals surface area contributed by atoms with Crippen molar-refractivity contribution in [2.45, 2.75) is 19.4 Å². The van der Waals surface area contributed by atoms with Gasteiger partial charge < -0.3 is 19.7 Å². The van der Waals surface area contributed by atoms with Crippen molar-refractivity contribution in [1.82, 2.24) is 15.1 Å². The number of hydrogen-bond acceptors (Lipinski definition) is 9. The molecule has 10 nitrogen and oxygen atoms in total. The van der Waals surface area contributed by atoms with Crippen LogP contribution >= 0.6 is 11.3 Å². The lowest BCUT2D eigenvalue weighted by Gasteiger charge is -2.35. The monoisotopic (exact) mass is 513 g/mol. The first-order valence-electron chi connectivity index (χ1n) is 12.0. The maximum Gasteiger partial charge on any atom is 0.414 e. The first-order valence-corrected chi connectivity index (χ1v) is 13.0. The first kappa shape index (κ1) is 25.8. The number of nitrogens with zero attached hydrogens (tertiary/aromatic N) is 3. The Morgan fingerprint density at radius 1 is 1.11 bits per heavy atom. The number of thiophene rings is 1. The number of benzene rings is 1. The van der Waals surface area contributed by atoms with Crippen molar-refractivity contribution < 1.29 is 23.9 Å². The zero-order valence-electron chi connectivity index (χ0n) is 20.3. The molecule has 0 spiro atoms. The van der Waals surface area contributed by atoms with Gasteiger partial charge in [0.1, 0.15) is 11.9 Å². The number of carbonyl (C=O) groups excluding carboxylic acids is 3. The molecule has 0 aliphatic carbocycles. The van der Waals surface area contributed by atoms with Crippen LogP contribution in [0.5, 0.6) is 0 Å². The maximum absolute atomic E-state index is 12.5. The number of cyclic esters (lactones) is 1. The molecule has 2 amide bonds. The van der Waals surface area contributed by atoms with Crippen molar-refractivity contribution in [3.8, 4) is 0 Å². The Bertz CT molecular complexity index is 1070. The van der Waals surface area contributed by atoms with Crippen molar-refractivity contribution in [3.05, 3.63) is 52.2 Å². The number of ether oxygens (including phenoxy) is 2. The highest BCUT2D eigenvalue weighted by Crippen LogP contribution is 2.23. The Morgan fingerprint density at radius 2 is 1.83 bits per heavy atom. The van der Waals surface area contributed by atoms with E-state index in [1.807, 2.05) is 12.3 Å². The Kier molecular flexibility index (Phi) is 8.68. The SMILES string of the molecule is CCOC(=O)CCN1CCN(CC2CN(c3ccc(C(=N)NC(=O)c4ccsc4)cc3)C(=O)O2)CC1. The molecule has 11 heteroatoms. The van der Waals surface area contributed by atoms with Crippen molar-refractivity contribution in [2.24, 2.45) is 0 Å². The second-order valence-electron chi connectivity index (χ2n) is 8.70. The van der Waals surface area contributed by atoms with Crippen molar-refractivity contribution >= 4 is 40.8 Å². The highest BCUT2D eigenvalue weighted by molar-refractivity contribution is 7.08. The normalized spacial score (nSPS) is 18.6. The zero-order valence-corrected chi connectivity index (χ0v) is 21.1. The summed E-state index contributed by atoms with van der Waals surface area (Å²) in [6.07, 6.45) is -0.212. The fourth-order valence-corrected chi connectivity index (χ4v) is 4.89. The molecular weight excluding hydrogens is 482 g/mol. The summed E-state index contributed by atoms with van der Waals surface area (Å²) in [5.74, 6) is -0.483. The zero-order chi connectivity index (χ0) is 25.5. The molecule has 0 saturated carbocycles. The van der Waals surface area contributed by atoms with E-state index in [0.717, 1.165) is 26.2 Å². The van der Waals surface area contributed by atoms with Crippen LogP contribution in [0.15, 0.2) is 41.1 Å². The molecule has 3 heterocycles. The number of amides is 2. The molecule has 4 rings (SSSR count). The van der Waals surface area contributed by atoms with E-state index in [0.29, 0.717) is 49.5 Å². The third kappa shape index (κ3) is 6.68. The van der Waals surface area contributed by atoms with Crippen LogP contribution < -0.4 is 10.2 Å². The number of esters is 1. The Hall–Kier alpha value is -3.28. The Morgan fingerprint density at radius 3 is 2.50 bits per heavy atom. The molecule has 2 aromatic rings. The van der Waals surface area contributed by atoms with Gasteiger partial charge in [0.2, 0.25) is 0 Å². The van der Waals surface area contributed by atoms with Crippen LogP contribution in [0, 0.1) is 5.41 Å². The molecule has 192 valence electrons. The highest BCUT2D eigenvalue weighted by Gasteiger charge is 2.34. The van der Waals surface area contributed by atoms with Gasteiger partial charge >= 0.3 is 12.1 Å². The van der Waals surface area contributed by atoms with E-state index in [1.165, 1.54) is 11.3 Å². The summed E-state index contributed by atoms with van der Waals surface area (Å²) in [4.78, 5) is 42.4. The molecule has 2 saturated heterocycles. The van der Waals surface area contributed by atoms with E-state index in [2.05, 4.69) is 15.1 Å². The lowest BCUT2D eigenvalue weighted by Crippen LogP contribution is -2.49. The summed E-state index contributed by atoms with van der Waals surface area (Å²) in [7, 11) is 0. The van der Waals surface area contributed by atoms with Crippen molar-refractivity contribution in [3.63, 3.8) is 0 Å². The summed E-state index contributed by atoms with van der Waals surface area (Å²) in [5, 5.41) is 14.3. The standard InChI is InChI=1S/C25H31N5O5S/c1-2-34-22(31)7-9-28-10-12-29(13-11-28)15-21-16-30(25(33)35-21)20-5-3-18(4-6-20)23(26)27-24(32)19-8-14-36-17-19/h3-6,8,14,17,21H,2,7,9-13,15-16H2,1H3,(H2,26,27,32). The van der Waals surface area contributed by atoms with Crippen LogP contribution in [0.3, 0.4) is 0 Å². The molecule has 1 aromatic carbocycles. The van der Waals surface area contributed by atoms with Gasteiger partial charge in [0.15, 0.2) is 0 Å². The summed E-state index contributed by atoms with van der Waals surface area (Å²) < 4.78 is 10.6. The topological polar surface area (TPSA) is 115 Å². The van der Waals surface area contributed by atoms with Crippen LogP contribution in [0.25, 0.3) is 0 Å². The van der Waals surface area contributed by atoms with Gasteiger partial charge in [-0.05, 0) is 42.6 Å². The molecule has 0 bridgehead atoms. The lowest BCUT2D eigenvalue weighted by molar-refractivity contribution is -0.143. The number of rotatable bonds is 9. The van der Waals surface area contributed by atoms with Gasteiger partial charge in [0.05, 0.1) is 25.1 Å². The van der Waals surface area contributed by atoms with E-state index in [9.17, 15) is 14.4 Å². The third-order valence-corrected chi connectivity index (χ3v) is 6.91. The van der Waals surface area contributed by atoms with Gasteiger partial charge in [-0.3, -0.25) is 24.8 Å². The number of hydrogen-bond donors (Lipinski definition) is 2. The Labute approximate surface area is 214 Å².